The van der Waals surface area contributed by atoms with E-state index < -0.39 is 5.82 Å². The predicted octanol–water partition coefficient (Wildman–Crippen LogP) is 2.86. The van der Waals surface area contributed by atoms with E-state index in [1.807, 2.05) is 0 Å². The molecule has 3 rings (SSSR count). The van der Waals surface area contributed by atoms with Crippen LogP contribution in [0.1, 0.15) is 43.6 Å². The van der Waals surface area contributed by atoms with Crippen LogP contribution in [-0.2, 0) is 0 Å². The van der Waals surface area contributed by atoms with Gasteiger partial charge in [-0.25, -0.2) is 4.39 Å². The SMILES string of the molecule is CC1CC(C)CN(CCCCNC(=O)c2ccc(=O)n(-c3ccc(F)cc3)n2)C1. The van der Waals surface area contributed by atoms with Crippen molar-refractivity contribution < 1.29 is 9.18 Å². The molecule has 29 heavy (non-hydrogen) atoms. The molecule has 0 radical (unpaired) electrons. The maximum absolute atomic E-state index is 13.1. The minimum atomic E-state index is -0.399. The Kier molecular flexibility index (Phi) is 7.14. The van der Waals surface area contributed by atoms with Crippen LogP contribution >= 0.6 is 0 Å². The molecule has 1 aliphatic rings. The summed E-state index contributed by atoms with van der Waals surface area (Å²) in [6.07, 6.45) is 3.23. The number of aromatic nitrogens is 2. The predicted molar refractivity (Wildman–Crippen MR) is 111 cm³/mol. The normalized spacial score (nSPS) is 19.8. The van der Waals surface area contributed by atoms with Crippen LogP contribution in [0.2, 0.25) is 0 Å². The van der Waals surface area contributed by atoms with Crippen molar-refractivity contribution in [2.45, 2.75) is 33.1 Å². The number of amides is 1. The average molecular weight is 400 g/mol. The first-order chi connectivity index (χ1) is 13.9. The molecular weight excluding hydrogens is 371 g/mol. The van der Waals surface area contributed by atoms with E-state index >= 15 is 0 Å². The minimum Gasteiger partial charge on any atom is -0.351 e. The number of piperidine rings is 1. The number of halogens is 1. The number of likely N-dealkylation sites (tertiary alicyclic amines) is 1. The lowest BCUT2D eigenvalue weighted by Gasteiger charge is -2.34. The van der Waals surface area contributed by atoms with Crippen molar-refractivity contribution in [3.05, 3.63) is 58.3 Å². The third-order valence-electron chi connectivity index (χ3n) is 5.24. The molecule has 1 aromatic carbocycles. The molecule has 1 saturated heterocycles. The Morgan fingerprint density at radius 3 is 2.48 bits per heavy atom. The molecule has 0 bridgehead atoms. The Labute approximate surface area is 170 Å². The number of nitrogens with zero attached hydrogens (tertiary/aromatic N) is 3. The highest BCUT2D eigenvalue weighted by molar-refractivity contribution is 5.92. The highest BCUT2D eigenvalue weighted by Crippen LogP contribution is 2.20. The molecule has 1 N–H and O–H groups in total. The molecular formula is C22H29FN4O2. The number of hydrogen-bond acceptors (Lipinski definition) is 4. The maximum Gasteiger partial charge on any atom is 0.271 e. The number of hydrogen-bond donors (Lipinski definition) is 1. The van der Waals surface area contributed by atoms with Gasteiger partial charge in [-0.2, -0.15) is 9.78 Å². The Morgan fingerprint density at radius 1 is 1.10 bits per heavy atom. The van der Waals surface area contributed by atoms with Crippen LogP contribution in [0.15, 0.2) is 41.2 Å². The minimum absolute atomic E-state index is 0.160. The van der Waals surface area contributed by atoms with Crippen LogP contribution in [-0.4, -0.2) is 46.8 Å². The molecule has 2 unspecified atom stereocenters. The van der Waals surface area contributed by atoms with Gasteiger partial charge in [0, 0.05) is 25.7 Å². The van der Waals surface area contributed by atoms with Crippen LogP contribution in [0.3, 0.4) is 0 Å². The van der Waals surface area contributed by atoms with Gasteiger partial charge in [-0.15, -0.1) is 0 Å². The van der Waals surface area contributed by atoms with Crippen molar-refractivity contribution in [1.29, 1.82) is 0 Å². The molecule has 1 amide bonds. The van der Waals surface area contributed by atoms with Gasteiger partial charge in [0.2, 0.25) is 0 Å². The highest BCUT2D eigenvalue weighted by Gasteiger charge is 2.21. The number of carbonyl (C=O) groups excluding carboxylic acids is 1. The molecule has 0 aliphatic carbocycles. The first-order valence-electron chi connectivity index (χ1n) is 10.3. The summed E-state index contributed by atoms with van der Waals surface area (Å²) in [5.41, 5.74) is 0.196. The lowest BCUT2D eigenvalue weighted by atomic mass is 9.92. The fourth-order valence-electron chi connectivity index (χ4n) is 4.03. The van der Waals surface area contributed by atoms with Crippen molar-refractivity contribution in [3.8, 4) is 5.69 Å². The van der Waals surface area contributed by atoms with Gasteiger partial charge in [0.1, 0.15) is 11.5 Å². The van der Waals surface area contributed by atoms with E-state index in [1.165, 1.54) is 42.8 Å². The van der Waals surface area contributed by atoms with Gasteiger partial charge >= 0.3 is 0 Å². The van der Waals surface area contributed by atoms with E-state index in [2.05, 4.69) is 29.2 Å². The van der Waals surface area contributed by atoms with E-state index in [-0.39, 0.29) is 17.2 Å². The summed E-state index contributed by atoms with van der Waals surface area (Å²) >= 11 is 0. The van der Waals surface area contributed by atoms with Crippen molar-refractivity contribution in [1.82, 2.24) is 20.0 Å². The Bertz CT molecular complexity index is 871. The van der Waals surface area contributed by atoms with E-state index in [0.29, 0.717) is 12.2 Å². The largest absolute Gasteiger partial charge is 0.351 e. The van der Waals surface area contributed by atoms with Gasteiger partial charge in [0.05, 0.1) is 5.69 Å². The first-order valence-corrected chi connectivity index (χ1v) is 10.3. The fraction of sp³-hybridized carbons (Fsp3) is 0.500. The van der Waals surface area contributed by atoms with Gasteiger partial charge in [0.15, 0.2) is 0 Å². The second-order valence-corrected chi connectivity index (χ2v) is 8.11. The molecule has 0 spiro atoms. The molecule has 7 heteroatoms. The zero-order valence-corrected chi connectivity index (χ0v) is 17.1. The van der Waals surface area contributed by atoms with Gasteiger partial charge in [-0.05, 0) is 68.0 Å². The van der Waals surface area contributed by atoms with E-state index in [1.54, 1.807) is 0 Å². The second-order valence-electron chi connectivity index (χ2n) is 8.11. The Morgan fingerprint density at radius 2 is 1.79 bits per heavy atom. The third kappa shape index (κ3) is 5.97. The summed E-state index contributed by atoms with van der Waals surface area (Å²) < 4.78 is 14.2. The van der Waals surface area contributed by atoms with Crippen molar-refractivity contribution in [2.24, 2.45) is 11.8 Å². The van der Waals surface area contributed by atoms with Crippen molar-refractivity contribution >= 4 is 5.91 Å². The van der Waals surface area contributed by atoms with Gasteiger partial charge in [-0.1, -0.05) is 13.8 Å². The molecule has 1 aromatic heterocycles. The number of carbonyl (C=O) groups is 1. The van der Waals surface area contributed by atoms with E-state index in [0.717, 1.165) is 49.0 Å². The summed E-state index contributed by atoms with van der Waals surface area (Å²) in [4.78, 5) is 26.9. The standard InChI is InChI=1S/C22H29FN4O2/c1-16-13-17(2)15-26(14-16)12-4-3-11-24-22(29)20-9-10-21(28)27(25-20)19-7-5-18(23)6-8-19/h5-10,16-17H,3-4,11-15H2,1-2H3,(H,24,29). The van der Waals surface area contributed by atoms with Crippen LogP contribution < -0.4 is 10.9 Å². The Hall–Kier alpha value is -2.54. The third-order valence-corrected chi connectivity index (χ3v) is 5.24. The number of nitrogens with one attached hydrogen (secondary N) is 1. The monoisotopic (exact) mass is 400 g/mol. The van der Waals surface area contributed by atoms with E-state index in [4.69, 9.17) is 0 Å². The van der Waals surface area contributed by atoms with Crippen LogP contribution in [0.25, 0.3) is 5.69 Å². The molecule has 2 atom stereocenters. The molecule has 1 fully saturated rings. The molecule has 6 nitrogen and oxygen atoms in total. The number of unbranched alkanes of at least 4 members (excludes halogenated alkanes) is 1. The smallest absolute Gasteiger partial charge is 0.271 e. The summed E-state index contributed by atoms with van der Waals surface area (Å²) in [6, 6.07) is 8.11. The summed E-state index contributed by atoms with van der Waals surface area (Å²) in [5, 5.41) is 6.99. The van der Waals surface area contributed by atoms with Gasteiger partial charge < -0.3 is 10.2 Å². The maximum atomic E-state index is 13.1. The van der Waals surface area contributed by atoms with Crippen LogP contribution in [0, 0.1) is 17.7 Å². The molecule has 1 aliphatic heterocycles. The average Bonchev–Trinajstić information content (AvgIpc) is 2.68. The molecule has 0 saturated carbocycles. The van der Waals surface area contributed by atoms with E-state index in [9.17, 15) is 14.0 Å². The highest BCUT2D eigenvalue weighted by atomic mass is 19.1. The summed E-state index contributed by atoms with van der Waals surface area (Å²) in [5.74, 6) is 0.785. The Balaban J connectivity index is 1.49. The number of rotatable bonds is 7. The second kappa shape index (κ2) is 9.78. The lowest BCUT2D eigenvalue weighted by molar-refractivity contribution is 0.0945. The van der Waals surface area contributed by atoms with Gasteiger partial charge in [0.25, 0.3) is 11.5 Å². The zero-order chi connectivity index (χ0) is 20.8. The summed E-state index contributed by atoms with van der Waals surface area (Å²) in [6.45, 7) is 8.55. The zero-order valence-electron chi connectivity index (χ0n) is 17.1. The van der Waals surface area contributed by atoms with Crippen molar-refractivity contribution in [2.75, 3.05) is 26.2 Å². The summed E-state index contributed by atoms with van der Waals surface area (Å²) in [7, 11) is 0. The molecule has 2 heterocycles. The van der Waals surface area contributed by atoms with Crippen LogP contribution in [0.5, 0.6) is 0 Å². The number of benzene rings is 1. The van der Waals surface area contributed by atoms with Crippen LogP contribution in [0.4, 0.5) is 4.39 Å². The first kappa shape index (κ1) is 21.2. The molecule has 156 valence electrons. The molecule has 2 aromatic rings. The van der Waals surface area contributed by atoms with Gasteiger partial charge in [-0.3, -0.25) is 9.59 Å². The topological polar surface area (TPSA) is 67.2 Å². The lowest BCUT2D eigenvalue weighted by Crippen LogP contribution is -2.39. The van der Waals surface area contributed by atoms with Crippen molar-refractivity contribution in [3.63, 3.8) is 0 Å². The quantitative estimate of drug-likeness (QED) is 0.726. The fourth-order valence-corrected chi connectivity index (χ4v) is 4.03.